The Balaban J connectivity index is 3.49. The molecular formula is C13H28O. The molecule has 0 saturated carbocycles. The Hall–Kier alpha value is -0.0400. The van der Waals surface area contributed by atoms with Crippen molar-refractivity contribution in [3.63, 3.8) is 0 Å². The summed E-state index contributed by atoms with van der Waals surface area (Å²) in [6.07, 6.45) is 7.37. The average molecular weight is 200 g/mol. The lowest BCUT2D eigenvalue weighted by atomic mass is 9.80. The summed E-state index contributed by atoms with van der Waals surface area (Å²) >= 11 is 0. The van der Waals surface area contributed by atoms with Crippen LogP contribution in [0.15, 0.2) is 0 Å². The molecule has 0 heterocycles. The second-order valence-electron chi connectivity index (χ2n) is 5.40. The molecule has 0 rings (SSSR count). The molecule has 0 aliphatic heterocycles. The van der Waals surface area contributed by atoms with Gasteiger partial charge in [0, 0.05) is 6.61 Å². The molecule has 0 fully saturated rings. The van der Waals surface area contributed by atoms with E-state index in [4.69, 9.17) is 5.11 Å². The van der Waals surface area contributed by atoms with Crippen molar-refractivity contribution in [1.29, 1.82) is 0 Å². The maximum Gasteiger partial charge on any atom is 0.0431 e. The maximum absolute atomic E-state index is 8.66. The van der Waals surface area contributed by atoms with Gasteiger partial charge in [0.15, 0.2) is 0 Å². The van der Waals surface area contributed by atoms with E-state index in [1.807, 2.05) is 0 Å². The first-order valence-corrected chi connectivity index (χ1v) is 6.12. The van der Waals surface area contributed by atoms with E-state index in [0.717, 1.165) is 12.3 Å². The highest BCUT2D eigenvalue weighted by atomic mass is 16.2. The lowest BCUT2D eigenvalue weighted by Gasteiger charge is -2.26. The Morgan fingerprint density at radius 1 is 1.14 bits per heavy atom. The molecule has 0 saturated heterocycles. The predicted octanol–water partition coefficient (Wildman–Crippen LogP) is 4.00. The fourth-order valence-corrected chi connectivity index (χ4v) is 1.97. The molecule has 0 aromatic heterocycles. The lowest BCUT2D eigenvalue weighted by molar-refractivity contribution is 0.250. The zero-order valence-corrected chi connectivity index (χ0v) is 10.5. The SMILES string of the molecule is CCC(C)(C)CC(C)CCCCCO. The van der Waals surface area contributed by atoms with Gasteiger partial charge in [0.2, 0.25) is 0 Å². The third kappa shape index (κ3) is 7.37. The number of unbranched alkanes of at least 4 members (excludes halogenated alkanes) is 2. The quantitative estimate of drug-likeness (QED) is 0.587. The van der Waals surface area contributed by atoms with E-state index < -0.39 is 0 Å². The van der Waals surface area contributed by atoms with Gasteiger partial charge in [-0.1, -0.05) is 53.4 Å². The molecule has 0 spiro atoms. The molecule has 0 aromatic carbocycles. The minimum atomic E-state index is 0.356. The molecule has 0 aromatic rings. The number of rotatable bonds is 8. The summed E-state index contributed by atoms with van der Waals surface area (Å²) in [7, 11) is 0. The van der Waals surface area contributed by atoms with Gasteiger partial charge >= 0.3 is 0 Å². The first kappa shape index (κ1) is 14.0. The monoisotopic (exact) mass is 200 g/mol. The van der Waals surface area contributed by atoms with Crippen molar-refractivity contribution in [3.8, 4) is 0 Å². The van der Waals surface area contributed by atoms with Crippen LogP contribution in [-0.4, -0.2) is 11.7 Å². The van der Waals surface area contributed by atoms with Gasteiger partial charge in [-0.05, 0) is 24.2 Å². The molecule has 86 valence electrons. The van der Waals surface area contributed by atoms with Crippen LogP contribution in [0.1, 0.15) is 66.2 Å². The van der Waals surface area contributed by atoms with Gasteiger partial charge in [0.05, 0.1) is 0 Å². The molecule has 0 aliphatic carbocycles. The highest BCUT2D eigenvalue weighted by molar-refractivity contribution is 4.69. The summed E-state index contributed by atoms with van der Waals surface area (Å²) in [4.78, 5) is 0. The van der Waals surface area contributed by atoms with E-state index in [1.165, 1.54) is 32.1 Å². The third-order valence-corrected chi connectivity index (χ3v) is 3.21. The van der Waals surface area contributed by atoms with Crippen molar-refractivity contribution < 1.29 is 5.11 Å². The largest absolute Gasteiger partial charge is 0.396 e. The van der Waals surface area contributed by atoms with Crippen molar-refractivity contribution in [2.45, 2.75) is 66.2 Å². The highest BCUT2D eigenvalue weighted by Gasteiger charge is 2.18. The second-order valence-corrected chi connectivity index (χ2v) is 5.40. The zero-order valence-electron chi connectivity index (χ0n) is 10.5. The fraction of sp³-hybridized carbons (Fsp3) is 1.00. The van der Waals surface area contributed by atoms with Crippen LogP contribution in [0.2, 0.25) is 0 Å². The zero-order chi connectivity index (χ0) is 11.0. The smallest absolute Gasteiger partial charge is 0.0431 e. The van der Waals surface area contributed by atoms with Gasteiger partial charge in [-0.3, -0.25) is 0 Å². The van der Waals surface area contributed by atoms with E-state index in [1.54, 1.807) is 0 Å². The van der Waals surface area contributed by atoms with Crippen LogP contribution in [0.25, 0.3) is 0 Å². The molecule has 1 N–H and O–H groups in total. The third-order valence-electron chi connectivity index (χ3n) is 3.21. The Kier molecular flexibility index (Phi) is 7.26. The molecule has 0 amide bonds. The molecule has 1 unspecified atom stereocenters. The van der Waals surface area contributed by atoms with Gasteiger partial charge in [-0.2, -0.15) is 0 Å². The summed E-state index contributed by atoms with van der Waals surface area (Å²) in [5.41, 5.74) is 0.510. The van der Waals surface area contributed by atoms with E-state index in [9.17, 15) is 0 Å². The highest BCUT2D eigenvalue weighted by Crippen LogP contribution is 2.30. The second kappa shape index (κ2) is 7.28. The van der Waals surface area contributed by atoms with Crippen molar-refractivity contribution >= 4 is 0 Å². The van der Waals surface area contributed by atoms with Crippen LogP contribution in [0.5, 0.6) is 0 Å². The van der Waals surface area contributed by atoms with Gasteiger partial charge in [0.1, 0.15) is 0 Å². The van der Waals surface area contributed by atoms with Gasteiger partial charge in [0.25, 0.3) is 0 Å². The van der Waals surface area contributed by atoms with Crippen LogP contribution in [0, 0.1) is 11.3 Å². The molecule has 0 bridgehead atoms. The summed E-state index contributed by atoms with van der Waals surface area (Å²) < 4.78 is 0. The Morgan fingerprint density at radius 3 is 2.29 bits per heavy atom. The Bertz CT molecular complexity index is 129. The van der Waals surface area contributed by atoms with Gasteiger partial charge in [-0.15, -0.1) is 0 Å². The van der Waals surface area contributed by atoms with E-state index in [2.05, 4.69) is 27.7 Å². The van der Waals surface area contributed by atoms with Gasteiger partial charge in [-0.25, -0.2) is 0 Å². The molecule has 0 radical (unpaired) electrons. The van der Waals surface area contributed by atoms with Crippen LogP contribution < -0.4 is 0 Å². The predicted molar refractivity (Wildman–Crippen MR) is 63.4 cm³/mol. The number of aliphatic hydroxyl groups excluding tert-OH is 1. The van der Waals surface area contributed by atoms with Crippen molar-refractivity contribution in [1.82, 2.24) is 0 Å². The molecule has 1 heteroatoms. The number of aliphatic hydroxyl groups is 1. The topological polar surface area (TPSA) is 20.2 Å². The summed E-state index contributed by atoms with van der Waals surface area (Å²) in [5, 5.41) is 8.66. The molecule has 1 atom stereocenters. The van der Waals surface area contributed by atoms with E-state index >= 15 is 0 Å². The Labute approximate surface area is 89.9 Å². The summed E-state index contributed by atoms with van der Waals surface area (Å²) in [5.74, 6) is 0.837. The van der Waals surface area contributed by atoms with Crippen LogP contribution in [0.4, 0.5) is 0 Å². The van der Waals surface area contributed by atoms with E-state index in [-0.39, 0.29) is 0 Å². The summed E-state index contributed by atoms with van der Waals surface area (Å²) in [6, 6.07) is 0. The number of hydrogen-bond donors (Lipinski definition) is 1. The molecule has 14 heavy (non-hydrogen) atoms. The fourth-order valence-electron chi connectivity index (χ4n) is 1.97. The first-order chi connectivity index (χ1) is 6.52. The Morgan fingerprint density at radius 2 is 1.79 bits per heavy atom. The van der Waals surface area contributed by atoms with Crippen molar-refractivity contribution in [3.05, 3.63) is 0 Å². The van der Waals surface area contributed by atoms with Crippen molar-refractivity contribution in [2.75, 3.05) is 6.61 Å². The number of hydrogen-bond acceptors (Lipinski definition) is 1. The first-order valence-electron chi connectivity index (χ1n) is 6.12. The normalized spacial score (nSPS) is 14.4. The average Bonchev–Trinajstić information content (AvgIpc) is 2.12. The van der Waals surface area contributed by atoms with Gasteiger partial charge < -0.3 is 5.11 Å². The maximum atomic E-state index is 8.66. The molecule has 1 nitrogen and oxygen atoms in total. The lowest BCUT2D eigenvalue weighted by Crippen LogP contribution is -2.14. The van der Waals surface area contributed by atoms with Crippen LogP contribution in [-0.2, 0) is 0 Å². The molecular weight excluding hydrogens is 172 g/mol. The molecule has 0 aliphatic rings. The minimum Gasteiger partial charge on any atom is -0.396 e. The van der Waals surface area contributed by atoms with Crippen molar-refractivity contribution in [2.24, 2.45) is 11.3 Å². The van der Waals surface area contributed by atoms with Crippen LogP contribution in [0.3, 0.4) is 0 Å². The minimum absolute atomic E-state index is 0.356. The van der Waals surface area contributed by atoms with Crippen LogP contribution >= 0.6 is 0 Å². The standard InChI is InChI=1S/C13H28O/c1-5-13(3,4)11-12(2)9-7-6-8-10-14/h12,14H,5-11H2,1-4H3. The summed E-state index contributed by atoms with van der Waals surface area (Å²) in [6.45, 7) is 9.71. The van der Waals surface area contributed by atoms with E-state index in [0.29, 0.717) is 12.0 Å².